The van der Waals surface area contributed by atoms with Crippen molar-refractivity contribution in [3.63, 3.8) is 0 Å². The summed E-state index contributed by atoms with van der Waals surface area (Å²) in [5.74, 6) is 0. The molecule has 0 aliphatic rings. The quantitative estimate of drug-likeness (QED) is 0.376. The molecule has 0 spiro atoms. The maximum absolute atomic E-state index is 3.74. The summed E-state index contributed by atoms with van der Waals surface area (Å²) in [7, 11) is 0. The second-order valence-corrected chi connectivity index (χ2v) is 6.56. The van der Waals surface area contributed by atoms with Crippen molar-refractivity contribution in [3.8, 4) is 5.69 Å². The highest BCUT2D eigenvalue weighted by molar-refractivity contribution is 9.10. The highest BCUT2D eigenvalue weighted by Crippen LogP contribution is 2.39. The molecule has 5 rings (SSSR count). The maximum Gasteiger partial charge on any atom is 0.0798 e. The van der Waals surface area contributed by atoms with Gasteiger partial charge >= 0.3 is 0 Å². The lowest BCUT2D eigenvalue weighted by atomic mass is 10.2. The molecule has 2 nitrogen and oxygen atoms in total. The monoisotopic (exact) mass is 360 g/mol. The predicted molar refractivity (Wildman–Crippen MR) is 100 cm³/mol. The summed E-state index contributed by atoms with van der Waals surface area (Å²) in [6.07, 6.45) is 0. The molecule has 3 aromatic carbocycles. The SMILES string of the molecule is Brc1cccc2c3[nH]c4ccccc4c3n(-c3ccccc3)c12. The number of hydrogen-bond donors (Lipinski definition) is 1. The number of benzene rings is 3. The minimum atomic E-state index is 1.10. The van der Waals surface area contributed by atoms with Crippen molar-refractivity contribution in [2.45, 2.75) is 0 Å². The summed E-state index contributed by atoms with van der Waals surface area (Å²) in [6.45, 7) is 0. The average molecular weight is 361 g/mol. The zero-order chi connectivity index (χ0) is 15.4. The molecule has 0 unspecified atom stereocenters. The summed E-state index contributed by atoms with van der Waals surface area (Å²) in [5, 5.41) is 2.48. The van der Waals surface area contributed by atoms with E-state index in [2.05, 4.69) is 98.3 Å². The summed E-state index contributed by atoms with van der Waals surface area (Å²) in [5.41, 5.74) is 5.96. The van der Waals surface area contributed by atoms with Gasteiger partial charge in [-0.05, 0) is 40.2 Å². The molecule has 1 N–H and O–H groups in total. The highest BCUT2D eigenvalue weighted by atomic mass is 79.9. The van der Waals surface area contributed by atoms with E-state index in [1.54, 1.807) is 0 Å². The molecule has 0 radical (unpaired) electrons. The zero-order valence-electron chi connectivity index (χ0n) is 12.3. The Morgan fingerprint density at radius 1 is 0.696 bits per heavy atom. The molecule has 5 aromatic rings. The van der Waals surface area contributed by atoms with E-state index in [1.165, 1.54) is 38.5 Å². The van der Waals surface area contributed by atoms with Gasteiger partial charge in [-0.1, -0.05) is 48.5 Å². The molecule has 0 saturated carbocycles. The van der Waals surface area contributed by atoms with Gasteiger partial charge in [-0.25, -0.2) is 0 Å². The van der Waals surface area contributed by atoms with E-state index in [1.807, 2.05) is 0 Å². The molecule has 0 atom stereocenters. The second kappa shape index (κ2) is 4.74. The van der Waals surface area contributed by atoms with Gasteiger partial charge in [0.25, 0.3) is 0 Å². The van der Waals surface area contributed by atoms with Gasteiger partial charge in [0.05, 0.1) is 16.6 Å². The third-order valence-electron chi connectivity index (χ3n) is 4.40. The molecular formula is C20H13BrN2. The van der Waals surface area contributed by atoms with Gasteiger partial charge in [0.2, 0.25) is 0 Å². The highest BCUT2D eigenvalue weighted by Gasteiger charge is 2.18. The topological polar surface area (TPSA) is 20.7 Å². The summed E-state index contributed by atoms with van der Waals surface area (Å²) in [6, 6.07) is 25.4. The predicted octanol–water partition coefficient (Wildman–Crippen LogP) is 6.03. The molecule has 0 bridgehead atoms. The van der Waals surface area contributed by atoms with Crippen molar-refractivity contribution in [1.29, 1.82) is 0 Å². The number of rotatable bonds is 1. The molecule has 0 amide bonds. The molecule has 0 aliphatic heterocycles. The van der Waals surface area contributed by atoms with Gasteiger partial charge in [-0.15, -0.1) is 0 Å². The minimum Gasteiger partial charge on any atom is -0.353 e. The molecule has 0 aliphatic carbocycles. The Bertz CT molecular complexity index is 1170. The van der Waals surface area contributed by atoms with E-state index >= 15 is 0 Å². The number of nitrogens with one attached hydrogen (secondary N) is 1. The Morgan fingerprint density at radius 3 is 2.30 bits per heavy atom. The van der Waals surface area contributed by atoms with Crippen LogP contribution in [0.1, 0.15) is 0 Å². The van der Waals surface area contributed by atoms with Crippen molar-refractivity contribution >= 4 is 48.8 Å². The van der Waals surface area contributed by atoms with Gasteiger partial charge in [-0.3, -0.25) is 0 Å². The van der Waals surface area contributed by atoms with Gasteiger partial charge in [0.1, 0.15) is 0 Å². The van der Waals surface area contributed by atoms with Gasteiger partial charge in [-0.2, -0.15) is 0 Å². The molecule has 0 saturated heterocycles. The first kappa shape index (κ1) is 13.0. The van der Waals surface area contributed by atoms with Gasteiger partial charge in [0.15, 0.2) is 0 Å². The average Bonchev–Trinajstić information content (AvgIpc) is 3.11. The van der Waals surface area contributed by atoms with Crippen LogP contribution in [0.15, 0.2) is 77.3 Å². The first-order valence-electron chi connectivity index (χ1n) is 7.59. The van der Waals surface area contributed by atoms with E-state index in [0.29, 0.717) is 0 Å². The Labute approximate surface area is 141 Å². The smallest absolute Gasteiger partial charge is 0.0798 e. The number of aromatic nitrogens is 2. The Kier molecular flexibility index (Phi) is 2.67. The second-order valence-electron chi connectivity index (χ2n) is 5.70. The standard InChI is InChI=1S/C20H13BrN2/c21-16-11-6-10-15-18-20(14-9-4-5-12-17(14)22-18)23(19(15)16)13-7-2-1-3-8-13/h1-12,22H. The normalized spacial score (nSPS) is 11.7. The fourth-order valence-corrected chi connectivity index (χ4v) is 3.99. The van der Waals surface area contributed by atoms with Gasteiger partial charge in [0, 0.05) is 26.4 Å². The lowest BCUT2D eigenvalue weighted by Crippen LogP contribution is -1.93. The van der Waals surface area contributed by atoms with E-state index in [4.69, 9.17) is 0 Å². The van der Waals surface area contributed by atoms with Crippen molar-refractivity contribution in [1.82, 2.24) is 9.55 Å². The molecule has 2 aromatic heterocycles. The Balaban J connectivity index is 2.11. The van der Waals surface area contributed by atoms with E-state index < -0.39 is 0 Å². The first-order valence-corrected chi connectivity index (χ1v) is 8.38. The molecule has 2 heterocycles. The molecule has 23 heavy (non-hydrogen) atoms. The van der Waals surface area contributed by atoms with Crippen molar-refractivity contribution in [2.75, 3.05) is 0 Å². The number of halogens is 1. The third kappa shape index (κ3) is 1.74. The summed E-state index contributed by atoms with van der Waals surface area (Å²) < 4.78 is 3.45. The van der Waals surface area contributed by atoms with Crippen LogP contribution in [0.3, 0.4) is 0 Å². The van der Waals surface area contributed by atoms with Crippen LogP contribution in [0, 0.1) is 0 Å². The number of hydrogen-bond acceptors (Lipinski definition) is 0. The summed E-state index contributed by atoms with van der Waals surface area (Å²) in [4.78, 5) is 3.60. The van der Waals surface area contributed by atoms with E-state index in [-0.39, 0.29) is 0 Å². The first-order chi connectivity index (χ1) is 11.3. The lowest BCUT2D eigenvalue weighted by Gasteiger charge is -2.08. The van der Waals surface area contributed by atoms with Crippen molar-refractivity contribution in [2.24, 2.45) is 0 Å². The molecule has 0 fully saturated rings. The van der Waals surface area contributed by atoms with Crippen LogP contribution in [0.25, 0.3) is 38.5 Å². The lowest BCUT2D eigenvalue weighted by molar-refractivity contribution is 1.18. The van der Waals surface area contributed by atoms with Crippen LogP contribution in [0.2, 0.25) is 0 Å². The van der Waals surface area contributed by atoms with Crippen LogP contribution in [0.4, 0.5) is 0 Å². The van der Waals surface area contributed by atoms with E-state index in [0.717, 1.165) is 4.47 Å². The van der Waals surface area contributed by atoms with Crippen molar-refractivity contribution < 1.29 is 0 Å². The maximum atomic E-state index is 3.74. The molecular weight excluding hydrogens is 348 g/mol. The van der Waals surface area contributed by atoms with Crippen LogP contribution in [-0.4, -0.2) is 9.55 Å². The number of H-pyrrole nitrogens is 1. The van der Waals surface area contributed by atoms with Crippen molar-refractivity contribution in [3.05, 3.63) is 77.3 Å². The van der Waals surface area contributed by atoms with Crippen LogP contribution < -0.4 is 0 Å². The number of fused-ring (bicyclic) bond motifs is 5. The van der Waals surface area contributed by atoms with E-state index in [9.17, 15) is 0 Å². The fraction of sp³-hybridized carbons (Fsp3) is 0. The number of para-hydroxylation sites is 3. The molecule has 110 valence electrons. The molecule has 3 heteroatoms. The Hall–Kier alpha value is -2.52. The fourth-order valence-electron chi connectivity index (χ4n) is 3.45. The largest absolute Gasteiger partial charge is 0.353 e. The summed E-state index contributed by atoms with van der Waals surface area (Å²) >= 11 is 3.74. The third-order valence-corrected chi connectivity index (χ3v) is 5.04. The Morgan fingerprint density at radius 2 is 1.43 bits per heavy atom. The number of aromatic amines is 1. The minimum absolute atomic E-state index is 1.10. The van der Waals surface area contributed by atoms with Crippen LogP contribution in [0.5, 0.6) is 0 Å². The van der Waals surface area contributed by atoms with Crippen LogP contribution >= 0.6 is 15.9 Å². The number of nitrogens with zero attached hydrogens (tertiary/aromatic N) is 1. The van der Waals surface area contributed by atoms with Crippen LogP contribution in [-0.2, 0) is 0 Å². The van der Waals surface area contributed by atoms with Gasteiger partial charge < -0.3 is 9.55 Å². The zero-order valence-corrected chi connectivity index (χ0v) is 13.8.